The van der Waals surface area contributed by atoms with Crippen LogP contribution in [0, 0.1) is 0 Å². The minimum absolute atomic E-state index is 0.155. The van der Waals surface area contributed by atoms with Gasteiger partial charge in [0.25, 0.3) is 5.24 Å². The summed E-state index contributed by atoms with van der Waals surface area (Å²) < 4.78 is 5.05. The first-order chi connectivity index (χ1) is 13.5. The van der Waals surface area contributed by atoms with Gasteiger partial charge in [-0.15, -0.1) is 0 Å². The Balaban J connectivity index is 1.58. The van der Waals surface area contributed by atoms with Crippen LogP contribution in [-0.4, -0.2) is 46.6 Å². The van der Waals surface area contributed by atoms with Gasteiger partial charge < -0.3 is 10.1 Å². The summed E-state index contributed by atoms with van der Waals surface area (Å²) in [6, 6.07) is 15.2. The normalized spacial score (nSPS) is 16.2. The van der Waals surface area contributed by atoms with Gasteiger partial charge in [-0.05, 0) is 24.3 Å². The number of carbonyl (C=O) groups excluding carboxylic acids is 4. The Morgan fingerprint density at radius 3 is 2.39 bits per heavy atom. The highest BCUT2D eigenvalue weighted by atomic mass is 32.2. The van der Waals surface area contributed by atoms with E-state index in [2.05, 4.69) is 5.32 Å². The standard InChI is InChI=1S/C20H18N2O5S/c1-27-15-9-7-14(8-10-15)21-18(24)11-17-19(25)22(20(26)28-17)12-16(23)13-5-3-2-4-6-13/h2-10,17H,11-12H2,1H3,(H,21,24). The second-order valence-corrected chi connectivity index (χ2v) is 7.22. The van der Waals surface area contributed by atoms with Gasteiger partial charge in [-0.1, -0.05) is 42.1 Å². The van der Waals surface area contributed by atoms with Crippen molar-refractivity contribution < 1.29 is 23.9 Å². The van der Waals surface area contributed by atoms with Crippen LogP contribution in [0.25, 0.3) is 0 Å². The number of ether oxygens (including phenoxy) is 1. The summed E-state index contributed by atoms with van der Waals surface area (Å²) in [7, 11) is 1.54. The van der Waals surface area contributed by atoms with Gasteiger partial charge in [0, 0.05) is 17.7 Å². The van der Waals surface area contributed by atoms with Crippen molar-refractivity contribution >= 4 is 40.3 Å². The maximum absolute atomic E-state index is 12.5. The minimum atomic E-state index is -0.839. The van der Waals surface area contributed by atoms with Crippen molar-refractivity contribution in [1.29, 1.82) is 0 Å². The van der Waals surface area contributed by atoms with Gasteiger partial charge in [0.15, 0.2) is 5.78 Å². The zero-order chi connectivity index (χ0) is 20.1. The highest BCUT2D eigenvalue weighted by Crippen LogP contribution is 2.29. The van der Waals surface area contributed by atoms with Crippen LogP contribution >= 0.6 is 11.8 Å². The molecule has 2 aromatic carbocycles. The Bertz CT molecular complexity index is 899. The molecule has 3 amide bonds. The lowest BCUT2D eigenvalue weighted by atomic mass is 10.1. The third kappa shape index (κ3) is 4.58. The number of hydrogen-bond donors (Lipinski definition) is 1. The van der Waals surface area contributed by atoms with E-state index in [4.69, 9.17) is 4.74 Å². The zero-order valence-electron chi connectivity index (χ0n) is 15.1. The second-order valence-electron chi connectivity index (χ2n) is 6.07. The topological polar surface area (TPSA) is 92.8 Å². The molecule has 1 aliphatic heterocycles. The van der Waals surface area contributed by atoms with E-state index < -0.39 is 16.4 Å². The van der Waals surface area contributed by atoms with E-state index in [1.165, 1.54) is 0 Å². The summed E-state index contributed by atoms with van der Waals surface area (Å²) in [6.07, 6.45) is -0.155. The van der Waals surface area contributed by atoms with Crippen molar-refractivity contribution in [3.63, 3.8) is 0 Å². The number of Topliss-reactive ketones (excluding diaryl/α,β-unsaturated/α-hetero) is 1. The average Bonchev–Trinajstić information content (AvgIpc) is 2.96. The van der Waals surface area contributed by atoms with Crippen LogP contribution in [-0.2, 0) is 9.59 Å². The number of anilines is 1. The quantitative estimate of drug-likeness (QED) is 0.721. The van der Waals surface area contributed by atoms with Crippen LogP contribution in [0.5, 0.6) is 5.75 Å². The van der Waals surface area contributed by atoms with E-state index in [9.17, 15) is 19.2 Å². The molecule has 0 saturated carbocycles. The number of rotatable bonds is 7. The third-order valence-corrected chi connectivity index (χ3v) is 5.22. The lowest BCUT2D eigenvalue weighted by molar-refractivity contribution is -0.128. The SMILES string of the molecule is COc1ccc(NC(=O)CC2SC(=O)N(CC(=O)c3ccccc3)C2=O)cc1. The summed E-state index contributed by atoms with van der Waals surface area (Å²) in [4.78, 5) is 50.0. The number of methoxy groups -OCH3 is 1. The molecule has 1 aliphatic rings. The number of hydrogen-bond acceptors (Lipinski definition) is 6. The number of imide groups is 1. The van der Waals surface area contributed by atoms with Gasteiger partial charge in [0.1, 0.15) is 11.0 Å². The molecule has 0 aliphatic carbocycles. The van der Waals surface area contributed by atoms with Crippen molar-refractivity contribution in [3.8, 4) is 5.75 Å². The third-order valence-electron chi connectivity index (χ3n) is 4.15. The molecule has 0 radical (unpaired) electrons. The van der Waals surface area contributed by atoms with E-state index in [-0.39, 0.29) is 24.7 Å². The smallest absolute Gasteiger partial charge is 0.289 e. The Morgan fingerprint density at radius 2 is 1.75 bits per heavy atom. The molecule has 28 heavy (non-hydrogen) atoms. The summed E-state index contributed by atoms with van der Waals surface area (Å²) in [5, 5.41) is 1.32. The van der Waals surface area contributed by atoms with Crippen molar-refractivity contribution in [2.45, 2.75) is 11.7 Å². The number of benzene rings is 2. The van der Waals surface area contributed by atoms with Crippen molar-refractivity contribution in [3.05, 3.63) is 60.2 Å². The van der Waals surface area contributed by atoms with Crippen LogP contribution in [0.15, 0.2) is 54.6 Å². The fourth-order valence-corrected chi connectivity index (χ4v) is 3.67. The van der Waals surface area contributed by atoms with Gasteiger partial charge >= 0.3 is 0 Å². The minimum Gasteiger partial charge on any atom is -0.497 e. The molecule has 1 saturated heterocycles. The van der Waals surface area contributed by atoms with Crippen LogP contribution in [0.1, 0.15) is 16.8 Å². The Labute approximate surface area is 166 Å². The Hall–Kier alpha value is -3.13. The number of carbonyl (C=O) groups is 4. The van der Waals surface area contributed by atoms with E-state index >= 15 is 0 Å². The lowest BCUT2D eigenvalue weighted by Crippen LogP contribution is -2.36. The Kier molecular flexibility index (Phi) is 6.10. The summed E-state index contributed by atoms with van der Waals surface area (Å²) in [5.41, 5.74) is 0.984. The number of ketones is 1. The van der Waals surface area contributed by atoms with Gasteiger partial charge in [-0.25, -0.2) is 0 Å². The predicted octanol–water partition coefficient (Wildman–Crippen LogP) is 2.97. The number of nitrogens with zero attached hydrogens (tertiary/aromatic N) is 1. The molecule has 0 bridgehead atoms. The van der Waals surface area contributed by atoms with Crippen LogP contribution in [0.2, 0.25) is 0 Å². The van der Waals surface area contributed by atoms with E-state index in [1.807, 2.05) is 0 Å². The van der Waals surface area contributed by atoms with Crippen LogP contribution in [0.3, 0.4) is 0 Å². The molecular weight excluding hydrogens is 380 g/mol. The largest absolute Gasteiger partial charge is 0.497 e. The van der Waals surface area contributed by atoms with E-state index in [1.54, 1.807) is 61.7 Å². The van der Waals surface area contributed by atoms with E-state index in [0.717, 1.165) is 16.7 Å². The molecule has 7 nitrogen and oxygen atoms in total. The Morgan fingerprint density at radius 1 is 1.07 bits per heavy atom. The monoisotopic (exact) mass is 398 g/mol. The zero-order valence-corrected chi connectivity index (χ0v) is 15.9. The molecule has 2 aromatic rings. The molecule has 1 N–H and O–H groups in total. The lowest BCUT2D eigenvalue weighted by Gasteiger charge is -2.13. The van der Waals surface area contributed by atoms with Crippen molar-refractivity contribution in [2.24, 2.45) is 0 Å². The fraction of sp³-hybridized carbons (Fsp3) is 0.200. The molecule has 1 heterocycles. The molecule has 3 rings (SSSR count). The molecule has 0 aromatic heterocycles. The van der Waals surface area contributed by atoms with Crippen LogP contribution in [0.4, 0.5) is 10.5 Å². The molecule has 144 valence electrons. The molecule has 8 heteroatoms. The molecule has 1 unspecified atom stereocenters. The molecule has 0 spiro atoms. The number of nitrogens with one attached hydrogen (secondary N) is 1. The first-order valence-electron chi connectivity index (χ1n) is 8.52. The average molecular weight is 398 g/mol. The molecular formula is C20H18N2O5S. The van der Waals surface area contributed by atoms with E-state index in [0.29, 0.717) is 17.0 Å². The van der Waals surface area contributed by atoms with Gasteiger partial charge in [-0.2, -0.15) is 0 Å². The van der Waals surface area contributed by atoms with Gasteiger partial charge in [-0.3, -0.25) is 24.1 Å². The van der Waals surface area contributed by atoms with Crippen molar-refractivity contribution in [2.75, 3.05) is 19.0 Å². The highest BCUT2D eigenvalue weighted by molar-refractivity contribution is 8.15. The maximum atomic E-state index is 12.5. The number of amides is 3. The highest BCUT2D eigenvalue weighted by Gasteiger charge is 2.41. The van der Waals surface area contributed by atoms with Gasteiger partial charge in [0.05, 0.1) is 13.7 Å². The first-order valence-corrected chi connectivity index (χ1v) is 9.40. The van der Waals surface area contributed by atoms with Crippen molar-refractivity contribution in [1.82, 2.24) is 4.90 Å². The summed E-state index contributed by atoms with van der Waals surface area (Å²) in [6.45, 7) is -0.328. The summed E-state index contributed by atoms with van der Waals surface area (Å²) in [5.74, 6) is -0.584. The predicted molar refractivity (Wildman–Crippen MR) is 106 cm³/mol. The number of thioether (sulfide) groups is 1. The maximum Gasteiger partial charge on any atom is 0.289 e. The second kappa shape index (κ2) is 8.71. The fourth-order valence-electron chi connectivity index (χ4n) is 2.68. The van der Waals surface area contributed by atoms with Crippen LogP contribution < -0.4 is 10.1 Å². The van der Waals surface area contributed by atoms with Gasteiger partial charge in [0.2, 0.25) is 11.8 Å². The molecule has 1 fully saturated rings. The first kappa shape index (κ1) is 19.6. The molecule has 1 atom stereocenters. The summed E-state index contributed by atoms with van der Waals surface area (Å²) >= 11 is 0.768.